The van der Waals surface area contributed by atoms with Crippen LogP contribution in [0.25, 0.3) is 22.5 Å². The summed E-state index contributed by atoms with van der Waals surface area (Å²) in [4.78, 5) is 10.4. The molecule has 8 bridgehead atoms. The third-order valence-electron chi connectivity index (χ3n) is 7.09. The summed E-state index contributed by atoms with van der Waals surface area (Å²) in [6.07, 6.45) is 1.82. The Hall–Kier alpha value is -3.29. The molecule has 0 saturated heterocycles. The summed E-state index contributed by atoms with van der Waals surface area (Å²) in [5.74, 6) is 0. The first-order chi connectivity index (χ1) is 17.5. The maximum atomic E-state index is 5.22. The van der Waals surface area contributed by atoms with Gasteiger partial charge >= 0.3 is 21.1 Å². The Balaban J connectivity index is 0.00000280. The summed E-state index contributed by atoms with van der Waals surface area (Å²) in [7, 11) is 0. The largest absolute Gasteiger partial charge is 2.00 e. The fourth-order valence-electron chi connectivity index (χ4n) is 5.51. The van der Waals surface area contributed by atoms with E-state index >= 15 is 0 Å². The SMILES string of the molecule is Cc1cc(C)c(B2c3cccc(n3)-c3[c-]c(ccc3)CCc3[c-]c(ccc3)-c3cccc2n3)c(C)c1.[Pt+2]. The Morgan fingerprint density at radius 3 is 1.57 bits per heavy atom. The van der Waals surface area contributed by atoms with E-state index in [1.54, 1.807) is 0 Å². The third kappa shape index (κ3) is 5.11. The van der Waals surface area contributed by atoms with Crippen molar-refractivity contribution >= 4 is 23.4 Å². The van der Waals surface area contributed by atoms with Gasteiger partial charge in [-0.15, -0.1) is 70.8 Å². The molecule has 0 fully saturated rings. The van der Waals surface area contributed by atoms with Crippen molar-refractivity contribution in [3.8, 4) is 22.5 Å². The van der Waals surface area contributed by atoms with Crippen LogP contribution in [0, 0.1) is 32.9 Å². The second-order valence-corrected chi connectivity index (χ2v) is 9.82. The summed E-state index contributed by atoms with van der Waals surface area (Å²) in [6.45, 7) is 6.48. The molecule has 4 heteroatoms. The van der Waals surface area contributed by atoms with Crippen LogP contribution in [0.5, 0.6) is 0 Å². The van der Waals surface area contributed by atoms with Crippen molar-refractivity contribution in [1.29, 1.82) is 0 Å². The van der Waals surface area contributed by atoms with E-state index in [2.05, 4.69) is 118 Å². The van der Waals surface area contributed by atoms with Gasteiger partial charge in [-0.3, -0.25) is 0 Å². The molecule has 3 heterocycles. The number of hydrogen-bond acceptors (Lipinski definition) is 2. The van der Waals surface area contributed by atoms with Crippen LogP contribution in [0.2, 0.25) is 0 Å². The van der Waals surface area contributed by atoms with Gasteiger partial charge in [0.1, 0.15) is 0 Å². The first kappa shape index (κ1) is 25.4. The number of rotatable bonds is 1. The van der Waals surface area contributed by atoms with Gasteiger partial charge in [-0.05, 0) is 45.0 Å². The Bertz CT molecular complexity index is 1480. The number of aromatic nitrogens is 2. The van der Waals surface area contributed by atoms with Crippen LogP contribution in [0.1, 0.15) is 27.8 Å². The van der Waals surface area contributed by atoms with E-state index in [1.807, 2.05) is 0 Å². The van der Waals surface area contributed by atoms with E-state index in [1.165, 1.54) is 33.3 Å². The van der Waals surface area contributed by atoms with Crippen molar-refractivity contribution in [3.63, 3.8) is 0 Å². The van der Waals surface area contributed by atoms with E-state index in [9.17, 15) is 0 Å². The Labute approximate surface area is 234 Å². The zero-order valence-corrected chi connectivity index (χ0v) is 23.6. The average Bonchev–Trinajstić information content (AvgIpc) is 2.89. The molecular weight excluding hydrogens is 630 g/mol. The maximum Gasteiger partial charge on any atom is 2.00 e. The summed E-state index contributed by atoms with van der Waals surface area (Å²) < 4.78 is 0. The first-order valence-corrected chi connectivity index (χ1v) is 12.6. The van der Waals surface area contributed by atoms with E-state index in [-0.39, 0.29) is 27.8 Å². The van der Waals surface area contributed by atoms with Crippen molar-refractivity contribution in [1.82, 2.24) is 9.97 Å². The normalized spacial score (nSPS) is 12.2. The molecule has 0 spiro atoms. The van der Waals surface area contributed by atoms with Gasteiger partial charge in [-0.25, -0.2) is 0 Å². The molecular formula is C33H27BN2Pt. The molecule has 5 aromatic rings. The van der Waals surface area contributed by atoms with Crippen molar-refractivity contribution < 1.29 is 21.1 Å². The molecule has 182 valence electrons. The monoisotopic (exact) mass is 657 g/mol. The topological polar surface area (TPSA) is 25.8 Å². The molecule has 37 heavy (non-hydrogen) atoms. The van der Waals surface area contributed by atoms with Gasteiger partial charge in [0, 0.05) is 11.2 Å². The van der Waals surface area contributed by atoms with Gasteiger partial charge in [-0.2, -0.15) is 0 Å². The van der Waals surface area contributed by atoms with Crippen molar-refractivity contribution in [2.45, 2.75) is 33.6 Å². The first-order valence-electron chi connectivity index (χ1n) is 12.6. The fourth-order valence-corrected chi connectivity index (χ4v) is 5.51. The minimum Gasteiger partial charge on any atom is -0.310 e. The summed E-state index contributed by atoms with van der Waals surface area (Å²) in [5, 5.41) is 0. The summed E-state index contributed by atoms with van der Waals surface area (Å²) in [5.41, 5.74) is 13.4. The Morgan fingerprint density at radius 2 is 1.08 bits per heavy atom. The molecule has 3 aromatic carbocycles. The van der Waals surface area contributed by atoms with Gasteiger partial charge in [0.2, 0.25) is 0 Å². The molecule has 2 aromatic heterocycles. The summed E-state index contributed by atoms with van der Waals surface area (Å²) >= 11 is 0. The van der Waals surface area contributed by atoms with E-state index < -0.39 is 0 Å². The number of nitrogens with zero attached hydrogens (tertiary/aromatic N) is 2. The van der Waals surface area contributed by atoms with Crippen LogP contribution in [0.4, 0.5) is 0 Å². The predicted octanol–water partition coefficient (Wildman–Crippen LogP) is 4.95. The van der Waals surface area contributed by atoms with Crippen LogP contribution in [0.15, 0.2) is 84.9 Å². The quantitative estimate of drug-likeness (QED) is 0.189. The minimum atomic E-state index is -0.0815. The number of aryl methyl sites for hydroxylation is 5. The van der Waals surface area contributed by atoms with E-state index in [4.69, 9.17) is 9.97 Å². The molecule has 2 nitrogen and oxygen atoms in total. The predicted molar refractivity (Wildman–Crippen MR) is 150 cm³/mol. The van der Waals surface area contributed by atoms with Crippen LogP contribution < -0.4 is 16.6 Å². The Morgan fingerprint density at radius 1 is 0.622 bits per heavy atom. The van der Waals surface area contributed by atoms with E-state index in [0.717, 1.165) is 46.5 Å². The van der Waals surface area contributed by atoms with Crippen LogP contribution in [-0.4, -0.2) is 16.7 Å². The zero-order valence-electron chi connectivity index (χ0n) is 21.3. The molecule has 0 unspecified atom stereocenters. The van der Waals surface area contributed by atoms with Crippen molar-refractivity contribution in [2.24, 2.45) is 0 Å². The maximum absolute atomic E-state index is 5.22. The number of hydrogen-bond donors (Lipinski definition) is 0. The van der Waals surface area contributed by atoms with Crippen molar-refractivity contribution in [2.75, 3.05) is 0 Å². The van der Waals surface area contributed by atoms with Gasteiger partial charge < -0.3 is 9.97 Å². The van der Waals surface area contributed by atoms with Crippen LogP contribution >= 0.6 is 0 Å². The molecule has 6 rings (SSSR count). The molecule has 0 amide bonds. The molecule has 1 aliphatic heterocycles. The van der Waals surface area contributed by atoms with Gasteiger partial charge in [-0.1, -0.05) is 70.7 Å². The van der Waals surface area contributed by atoms with Gasteiger partial charge in [0.15, 0.2) is 0 Å². The molecule has 0 N–H and O–H groups in total. The second-order valence-electron chi connectivity index (χ2n) is 9.82. The van der Waals surface area contributed by atoms with Gasteiger partial charge in [0.25, 0.3) is 6.71 Å². The van der Waals surface area contributed by atoms with Crippen molar-refractivity contribution in [3.05, 3.63) is 125 Å². The molecule has 0 saturated carbocycles. The van der Waals surface area contributed by atoms with Crippen LogP contribution in [-0.2, 0) is 33.9 Å². The standard InChI is InChI=1S/C33H27BN2.Pt/c1-22-18-23(2)33(24(3)19-22)34-31-14-6-12-29(35-31)27-10-4-8-25(20-27)16-17-26-9-5-11-28(21-26)30-13-7-15-32(34)36-30;/h4-15,18-19H,16-17H2,1-3H3;/q-2;+2. The molecule has 0 atom stereocenters. The Kier molecular flexibility index (Phi) is 7.27. The second kappa shape index (κ2) is 10.6. The van der Waals surface area contributed by atoms with Crippen LogP contribution in [0.3, 0.4) is 0 Å². The molecule has 0 radical (unpaired) electrons. The fraction of sp³-hybridized carbons (Fsp3) is 0.152. The minimum absolute atomic E-state index is 0. The molecule has 1 aliphatic rings. The van der Waals surface area contributed by atoms with Gasteiger partial charge in [0.05, 0.1) is 0 Å². The number of pyridine rings is 2. The average molecular weight is 657 g/mol. The number of benzene rings is 3. The smallest absolute Gasteiger partial charge is 0.310 e. The number of fused-ring (bicyclic) bond motifs is 10. The zero-order chi connectivity index (χ0) is 24.6. The third-order valence-corrected chi connectivity index (χ3v) is 7.09. The van der Waals surface area contributed by atoms with E-state index in [0.29, 0.717) is 0 Å². The molecule has 0 aliphatic carbocycles. The summed E-state index contributed by atoms with van der Waals surface area (Å²) in [6, 6.07) is 37.2.